The molecule has 0 amide bonds. The third-order valence-corrected chi connectivity index (χ3v) is 2.73. The molecule has 2 aromatic rings. The largest absolute Gasteiger partial charge is 0.280 e. The first-order chi connectivity index (χ1) is 8.59. The Hall–Kier alpha value is -2.50. The maximum absolute atomic E-state index is 11.1. The van der Waals surface area contributed by atoms with Crippen molar-refractivity contribution in [3.05, 3.63) is 62.2 Å². The molecule has 0 saturated heterocycles. The lowest BCUT2D eigenvalue weighted by Gasteiger charge is -2.04. The minimum atomic E-state index is -0.475. The normalized spacial score (nSPS) is 10.4. The Labute approximate surface area is 102 Å². The van der Waals surface area contributed by atoms with Crippen LogP contribution < -0.4 is 0 Å². The van der Waals surface area contributed by atoms with Gasteiger partial charge in [0.05, 0.1) is 10.3 Å². The molecule has 6 nitrogen and oxygen atoms in total. The van der Waals surface area contributed by atoms with Gasteiger partial charge in [0.15, 0.2) is 0 Å². The molecule has 0 spiro atoms. The molecule has 6 heteroatoms. The Morgan fingerprint density at radius 2 is 1.72 bits per heavy atom. The van der Waals surface area contributed by atoms with Gasteiger partial charge in [-0.3, -0.25) is 20.2 Å². The molecule has 0 saturated carbocycles. The van der Waals surface area contributed by atoms with Gasteiger partial charge in [0, 0.05) is 16.9 Å². The second-order valence-corrected chi connectivity index (χ2v) is 3.86. The van der Waals surface area contributed by atoms with Gasteiger partial charge in [-0.2, -0.15) is 0 Å². The number of nitro benzene ring substituents is 1. The van der Waals surface area contributed by atoms with E-state index in [1.807, 2.05) is 0 Å². The molecule has 0 aliphatic heterocycles. The molecule has 2 rings (SSSR count). The maximum atomic E-state index is 11.1. The molecule has 0 heterocycles. The van der Waals surface area contributed by atoms with Crippen LogP contribution in [0.15, 0.2) is 36.4 Å². The van der Waals surface area contributed by atoms with E-state index in [0.29, 0.717) is 10.9 Å². The van der Waals surface area contributed by atoms with E-state index in [1.165, 1.54) is 0 Å². The number of hydrogen-bond acceptors (Lipinski definition) is 4. The van der Waals surface area contributed by atoms with Crippen molar-refractivity contribution in [1.29, 1.82) is 0 Å². The molecule has 0 radical (unpaired) electrons. The number of hydrogen-bond donors (Lipinski definition) is 0. The Morgan fingerprint density at radius 3 is 2.39 bits per heavy atom. The van der Waals surface area contributed by atoms with Crippen LogP contribution >= 0.6 is 0 Å². The van der Waals surface area contributed by atoms with Crippen molar-refractivity contribution in [3.63, 3.8) is 0 Å². The number of nitrogens with zero attached hydrogens (tertiary/aromatic N) is 2. The molecule has 0 aliphatic rings. The van der Waals surface area contributed by atoms with Gasteiger partial charge in [-0.15, -0.1) is 0 Å². The standard InChI is InChI=1S/C12H10N2O4/c15-13(16)8-7-10-6-5-9-3-1-2-4-11(9)12(10)14(17)18/h1-6H,7-8H2. The molecule has 0 aliphatic carbocycles. The SMILES string of the molecule is O=[N+]([O-])CCc1ccc2ccccc2c1[N+](=O)[O-]. The lowest BCUT2D eigenvalue weighted by atomic mass is 10.0. The third-order valence-electron chi connectivity index (χ3n) is 2.73. The lowest BCUT2D eigenvalue weighted by molar-refractivity contribution is -0.479. The fraction of sp³-hybridized carbons (Fsp3) is 0.167. The zero-order valence-corrected chi connectivity index (χ0v) is 9.41. The summed E-state index contributed by atoms with van der Waals surface area (Å²) in [5.41, 5.74) is 0.366. The lowest BCUT2D eigenvalue weighted by Crippen LogP contribution is -2.06. The average molecular weight is 246 g/mol. The van der Waals surface area contributed by atoms with Gasteiger partial charge in [0.2, 0.25) is 6.54 Å². The van der Waals surface area contributed by atoms with Crippen LogP contribution in [-0.4, -0.2) is 16.4 Å². The fourth-order valence-corrected chi connectivity index (χ4v) is 1.93. The van der Waals surface area contributed by atoms with Gasteiger partial charge in [0.1, 0.15) is 0 Å². The highest BCUT2D eigenvalue weighted by molar-refractivity contribution is 5.92. The summed E-state index contributed by atoms with van der Waals surface area (Å²) in [6.07, 6.45) is 0.0636. The van der Waals surface area contributed by atoms with Gasteiger partial charge >= 0.3 is 0 Å². The highest BCUT2D eigenvalue weighted by atomic mass is 16.6. The zero-order chi connectivity index (χ0) is 13.1. The van der Waals surface area contributed by atoms with Gasteiger partial charge in [0.25, 0.3) is 5.69 Å². The second kappa shape index (κ2) is 4.79. The van der Waals surface area contributed by atoms with Crippen LogP contribution in [0.2, 0.25) is 0 Å². The first-order valence-electron chi connectivity index (χ1n) is 5.36. The molecular formula is C12H10N2O4. The van der Waals surface area contributed by atoms with Crippen LogP contribution in [0.1, 0.15) is 5.56 Å². The Kier molecular flexibility index (Phi) is 3.18. The van der Waals surface area contributed by atoms with Gasteiger partial charge in [-0.25, -0.2) is 0 Å². The van der Waals surface area contributed by atoms with E-state index < -0.39 is 9.85 Å². The Morgan fingerprint density at radius 1 is 1.00 bits per heavy atom. The first-order valence-corrected chi connectivity index (χ1v) is 5.36. The molecule has 18 heavy (non-hydrogen) atoms. The quantitative estimate of drug-likeness (QED) is 0.612. The fourth-order valence-electron chi connectivity index (χ4n) is 1.93. The van der Waals surface area contributed by atoms with E-state index in [0.717, 1.165) is 5.39 Å². The Balaban J connectivity index is 2.55. The minimum absolute atomic E-state index is 0.0325. The summed E-state index contributed by atoms with van der Waals surface area (Å²) in [7, 11) is 0. The smallest absolute Gasteiger partial charge is 0.265 e. The van der Waals surface area contributed by atoms with E-state index >= 15 is 0 Å². The van der Waals surface area contributed by atoms with Crippen LogP contribution in [-0.2, 0) is 6.42 Å². The van der Waals surface area contributed by atoms with E-state index in [-0.39, 0.29) is 18.7 Å². The molecule has 0 fully saturated rings. The summed E-state index contributed by atoms with van der Waals surface area (Å²) in [5, 5.41) is 22.7. The third kappa shape index (κ3) is 2.27. The van der Waals surface area contributed by atoms with Gasteiger partial charge in [-0.05, 0) is 11.5 Å². The molecule has 0 N–H and O–H groups in total. The summed E-state index contributed by atoms with van der Waals surface area (Å²) in [6.45, 7) is -0.306. The maximum Gasteiger partial charge on any atom is 0.280 e. The topological polar surface area (TPSA) is 86.3 Å². The van der Waals surface area contributed by atoms with Crippen LogP contribution in [0, 0.1) is 20.2 Å². The predicted molar refractivity (Wildman–Crippen MR) is 66.2 cm³/mol. The molecule has 0 unspecified atom stereocenters. The van der Waals surface area contributed by atoms with Gasteiger partial charge in [-0.1, -0.05) is 30.3 Å². The minimum Gasteiger partial charge on any atom is -0.265 e. The molecule has 92 valence electrons. The van der Waals surface area contributed by atoms with Crippen LogP contribution in [0.4, 0.5) is 5.69 Å². The molecule has 0 atom stereocenters. The van der Waals surface area contributed by atoms with Crippen molar-refractivity contribution in [2.45, 2.75) is 6.42 Å². The van der Waals surface area contributed by atoms with E-state index in [1.54, 1.807) is 36.4 Å². The zero-order valence-electron chi connectivity index (χ0n) is 9.41. The highest BCUT2D eigenvalue weighted by Crippen LogP contribution is 2.29. The molecule has 0 bridgehead atoms. The summed E-state index contributed by atoms with van der Waals surface area (Å²) >= 11 is 0. The summed E-state index contributed by atoms with van der Waals surface area (Å²) in [4.78, 5) is 20.5. The van der Waals surface area contributed by atoms with Crippen molar-refractivity contribution in [2.24, 2.45) is 0 Å². The molecule has 2 aromatic carbocycles. The molecular weight excluding hydrogens is 236 g/mol. The molecule has 0 aromatic heterocycles. The van der Waals surface area contributed by atoms with Crippen molar-refractivity contribution in [2.75, 3.05) is 6.54 Å². The summed E-state index contributed by atoms with van der Waals surface area (Å²) in [6, 6.07) is 10.3. The number of nitro groups is 2. The first kappa shape index (κ1) is 12.0. The van der Waals surface area contributed by atoms with Crippen LogP contribution in [0.25, 0.3) is 10.8 Å². The van der Waals surface area contributed by atoms with E-state index in [4.69, 9.17) is 0 Å². The highest BCUT2D eigenvalue weighted by Gasteiger charge is 2.19. The van der Waals surface area contributed by atoms with Crippen LogP contribution in [0.5, 0.6) is 0 Å². The average Bonchev–Trinajstić information content (AvgIpc) is 2.35. The Bertz CT molecular complexity index is 625. The summed E-state index contributed by atoms with van der Waals surface area (Å²) < 4.78 is 0. The van der Waals surface area contributed by atoms with Gasteiger partial charge < -0.3 is 0 Å². The number of rotatable bonds is 4. The van der Waals surface area contributed by atoms with Crippen molar-refractivity contribution < 1.29 is 9.85 Å². The monoisotopic (exact) mass is 246 g/mol. The van der Waals surface area contributed by atoms with Crippen LogP contribution in [0.3, 0.4) is 0 Å². The second-order valence-electron chi connectivity index (χ2n) is 3.86. The van der Waals surface area contributed by atoms with E-state index in [9.17, 15) is 20.2 Å². The van der Waals surface area contributed by atoms with Crippen molar-refractivity contribution >= 4 is 16.5 Å². The summed E-state index contributed by atoms with van der Waals surface area (Å²) in [5.74, 6) is 0. The van der Waals surface area contributed by atoms with Crippen molar-refractivity contribution in [1.82, 2.24) is 0 Å². The number of benzene rings is 2. The van der Waals surface area contributed by atoms with Crippen molar-refractivity contribution in [3.8, 4) is 0 Å². The van der Waals surface area contributed by atoms with E-state index in [2.05, 4.69) is 0 Å². The number of fused-ring (bicyclic) bond motifs is 1. The predicted octanol–water partition coefficient (Wildman–Crippen LogP) is 2.57.